The van der Waals surface area contributed by atoms with E-state index in [4.69, 9.17) is 23.5 Å². The van der Waals surface area contributed by atoms with Gasteiger partial charge in [-0.15, -0.1) is 0 Å². The fraction of sp³-hybridized carbons (Fsp3) is 0.0164. The Labute approximate surface area is 399 Å². The van der Waals surface area contributed by atoms with Gasteiger partial charge in [-0.1, -0.05) is 127 Å². The van der Waals surface area contributed by atoms with Crippen LogP contribution in [0.5, 0.6) is 11.5 Å². The average molecular weight is 903 g/mol. The second kappa shape index (κ2) is 15.0. The van der Waals surface area contributed by atoms with Crippen LogP contribution in [0.4, 0.5) is 22.7 Å². The molecule has 14 aromatic rings. The van der Waals surface area contributed by atoms with Gasteiger partial charge in [0.15, 0.2) is 11.3 Å². The molecule has 0 spiro atoms. The van der Waals surface area contributed by atoms with Gasteiger partial charge in [0.05, 0.1) is 44.5 Å². The van der Waals surface area contributed by atoms with Crippen LogP contribution in [0.1, 0.15) is 0 Å². The average Bonchev–Trinajstić information content (AvgIpc) is 4.24. The first-order valence-electron chi connectivity index (χ1n) is 23.4. The fourth-order valence-corrected chi connectivity index (χ4v) is 10.8. The molecular weight excluding hydrogens is 865 g/mol. The molecule has 9 aromatic carbocycles. The van der Waals surface area contributed by atoms with E-state index >= 15 is 0 Å². The number of hydrogen-bond donors (Lipinski definition) is 0. The molecule has 6 heterocycles. The van der Waals surface area contributed by atoms with Crippen LogP contribution in [0.15, 0.2) is 227 Å². The molecule has 0 bridgehead atoms. The monoisotopic (exact) mass is 902 g/mol. The minimum absolute atomic E-state index is 0.539. The van der Waals surface area contributed by atoms with Gasteiger partial charge in [-0.3, -0.25) is 8.97 Å². The van der Waals surface area contributed by atoms with Crippen molar-refractivity contribution >= 4 is 94.5 Å². The number of fused-ring (bicyclic) bond motifs is 13. The van der Waals surface area contributed by atoms with Crippen LogP contribution in [-0.2, 0) is 0 Å². The minimum Gasteiger partial charge on any atom is -0.456 e. The number of benzene rings is 9. The van der Waals surface area contributed by atoms with E-state index in [1.807, 2.05) is 66.9 Å². The van der Waals surface area contributed by atoms with E-state index in [0.29, 0.717) is 23.8 Å². The summed E-state index contributed by atoms with van der Waals surface area (Å²) in [4.78, 5) is 14.8. The Balaban J connectivity index is 0.943. The van der Waals surface area contributed by atoms with Crippen LogP contribution in [0.25, 0.3) is 99.8 Å². The van der Waals surface area contributed by atoms with E-state index < -0.39 is 0 Å². The van der Waals surface area contributed by atoms with E-state index in [1.165, 1.54) is 0 Å². The van der Waals surface area contributed by atoms with Crippen molar-refractivity contribution in [2.75, 3.05) is 16.5 Å². The largest absolute Gasteiger partial charge is 0.456 e. The summed E-state index contributed by atoms with van der Waals surface area (Å²) in [6.45, 7) is 0.539. The molecule has 0 saturated heterocycles. The molecule has 0 amide bonds. The molecule has 0 N–H and O–H groups in total. The van der Waals surface area contributed by atoms with Gasteiger partial charge in [-0.2, -0.15) is 0 Å². The van der Waals surface area contributed by atoms with Crippen LogP contribution in [0.2, 0.25) is 0 Å². The quantitative estimate of drug-likeness (QED) is 0.158. The molecule has 0 atom stereocenters. The lowest BCUT2D eigenvalue weighted by Crippen LogP contribution is -2.25. The van der Waals surface area contributed by atoms with Crippen LogP contribution >= 0.6 is 0 Å². The number of anilines is 4. The van der Waals surface area contributed by atoms with Gasteiger partial charge >= 0.3 is 0 Å². The van der Waals surface area contributed by atoms with Crippen molar-refractivity contribution in [3.8, 4) is 39.6 Å². The minimum atomic E-state index is 0.539. The molecule has 1 aliphatic rings. The maximum atomic E-state index is 7.19. The van der Waals surface area contributed by atoms with Gasteiger partial charge in [0.2, 0.25) is 5.78 Å². The number of furan rings is 2. The van der Waals surface area contributed by atoms with Crippen molar-refractivity contribution in [1.82, 2.24) is 18.9 Å². The number of pyridine rings is 1. The van der Waals surface area contributed by atoms with E-state index in [9.17, 15) is 0 Å². The molecule has 0 unspecified atom stereocenters. The van der Waals surface area contributed by atoms with Crippen LogP contribution < -0.4 is 14.5 Å². The molecule has 15 rings (SSSR count). The SMILES string of the molecule is c1ccc(-c2cccc(-c3ccccc3)c2N2CN(c3cc(Oc4ccc5c(c4)n(-c4ccccn4)c4nc6ccccc6n54)c4oc5c(ccc6oc7ccccc7c65)c4c3)c3ccccc32)cc1. The Bertz CT molecular complexity index is 4320. The number of para-hydroxylation sites is 6. The third kappa shape index (κ3) is 5.72. The van der Waals surface area contributed by atoms with E-state index in [2.05, 4.69) is 170 Å². The standard InChI is InChI=1S/C61H38N6O3/c1-3-16-38(17-4-1)42-21-15-22-43(39-18-5-2-6-19-39)58(42)65-37-64(49-25-10-11-26-50(49)65)40-34-46-44-30-32-54-57(45-20-7-12-27-53(45)69-54)60(44)70-59(46)55(35-40)68-41-29-31-51-52(36-41)67(56-28-13-14-33-62-56)61-63-47-23-8-9-24-48(47)66(51)61/h1-36H,37H2. The molecule has 9 heteroatoms. The summed E-state index contributed by atoms with van der Waals surface area (Å²) in [5, 5.41) is 3.84. The van der Waals surface area contributed by atoms with Gasteiger partial charge in [0.25, 0.3) is 0 Å². The highest BCUT2D eigenvalue weighted by Crippen LogP contribution is 2.52. The van der Waals surface area contributed by atoms with E-state index in [1.54, 1.807) is 0 Å². The molecule has 1 aliphatic heterocycles. The molecule has 70 heavy (non-hydrogen) atoms. The maximum absolute atomic E-state index is 7.19. The molecular formula is C61H38N6O3. The predicted octanol–water partition coefficient (Wildman–Crippen LogP) is 16.0. The van der Waals surface area contributed by atoms with Crippen molar-refractivity contribution < 1.29 is 13.6 Å². The van der Waals surface area contributed by atoms with E-state index in [-0.39, 0.29) is 0 Å². The number of ether oxygens (including phenoxy) is 1. The smallest absolute Gasteiger partial charge is 0.221 e. The highest BCUT2D eigenvalue weighted by molar-refractivity contribution is 6.23. The summed E-state index contributed by atoms with van der Waals surface area (Å²) in [6.07, 6.45) is 1.81. The Kier molecular flexibility index (Phi) is 8.22. The Morgan fingerprint density at radius 2 is 1.21 bits per heavy atom. The Hall–Kier alpha value is -9.60. The number of imidazole rings is 2. The van der Waals surface area contributed by atoms with Crippen LogP contribution in [0.3, 0.4) is 0 Å². The molecule has 330 valence electrons. The maximum Gasteiger partial charge on any atom is 0.221 e. The van der Waals surface area contributed by atoms with E-state index in [0.717, 1.165) is 117 Å². The number of rotatable bonds is 7. The third-order valence-electron chi connectivity index (χ3n) is 13.8. The van der Waals surface area contributed by atoms with Crippen molar-refractivity contribution in [2.24, 2.45) is 0 Å². The fourth-order valence-electron chi connectivity index (χ4n) is 10.8. The zero-order valence-electron chi connectivity index (χ0n) is 37.4. The lowest BCUT2D eigenvalue weighted by atomic mass is 9.95. The number of aromatic nitrogens is 4. The summed E-state index contributed by atoms with van der Waals surface area (Å²) in [5.74, 6) is 2.75. The van der Waals surface area contributed by atoms with Crippen molar-refractivity contribution in [3.05, 3.63) is 219 Å². The summed E-state index contributed by atoms with van der Waals surface area (Å²) >= 11 is 0. The highest BCUT2D eigenvalue weighted by atomic mass is 16.5. The van der Waals surface area contributed by atoms with Crippen LogP contribution in [0, 0.1) is 0 Å². The third-order valence-corrected chi connectivity index (χ3v) is 13.8. The Morgan fingerprint density at radius 3 is 2.01 bits per heavy atom. The topological polar surface area (TPSA) is 77.1 Å². The van der Waals surface area contributed by atoms with Crippen LogP contribution in [-0.4, -0.2) is 25.6 Å². The zero-order valence-corrected chi connectivity index (χ0v) is 37.4. The lowest BCUT2D eigenvalue weighted by Gasteiger charge is -2.27. The Morgan fingerprint density at radius 1 is 0.486 bits per heavy atom. The molecule has 0 saturated carbocycles. The molecule has 0 aliphatic carbocycles. The second-order valence-electron chi connectivity index (χ2n) is 17.8. The van der Waals surface area contributed by atoms with Gasteiger partial charge in [0.1, 0.15) is 35.0 Å². The van der Waals surface area contributed by atoms with Crippen molar-refractivity contribution in [3.63, 3.8) is 0 Å². The highest BCUT2D eigenvalue weighted by Gasteiger charge is 2.33. The molecule has 0 radical (unpaired) electrons. The normalized spacial score (nSPS) is 12.7. The summed E-state index contributed by atoms with van der Waals surface area (Å²) in [7, 11) is 0. The van der Waals surface area contributed by atoms with Crippen molar-refractivity contribution in [1.29, 1.82) is 0 Å². The van der Waals surface area contributed by atoms with Gasteiger partial charge in [-0.25, -0.2) is 9.97 Å². The number of hydrogen-bond acceptors (Lipinski definition) is 7. The van der Waals surface area contributed by atoms with Crippen molar-refractivity contribution in [2.45, 2.75) is 0 Å². The lowest BCUT2D eigenvalue weighted by molar-refractivity contribution is 0.477. The first-order valence-corrected chi connectivity index (χ1v) is 23.4. The summed E-state index contributed by atoms with van der Waals surface area (Å²) in [6, 6.07) is 73.7. The van der Waals surface area contributed by atoms with Gasteiger partial charge in [0, 0.05) is 51.3 Å². The first-order chi connectivity index (χ1) is 34.7. The molecule has 5 aromatic heterocycles. The van der Waals surface area contributed by atoms with Gasteiger partial charge < -0.3 is 23.4 Å². The summed E-state index contributed by atoms with van der Waals surface area (Å²) in [5.41, 5.74) is 15.7. The summed E-state index contributed by atoms with van der Waals surface area (Å²) < 4.78 is 24.9. The predicted molar refractivity (Wildman–Crippen MR) is 281 cm³/mol. The second-order valence-corrected chi connectivity index (χ2v) is 17.8. The zero-order chi connectivity index (χ0) is 45.9. The number of nitrogens with zero attached hydrogens (tertiary/aromatic N) is 6. The molecule has 0 fully saturated rings. The van der Waals surface area contributed by atoms with Gasteiger partial charge in [-0.05, 0) is 83.9 Å². The first kappa shape index (κ1) is 38.5. The molecule has 9 nitrogen and oxygen atoms in total.